The first-order chi connectivity index (χ1) is 8.52. The van der Waals surface area contributed by atoms with Gasteiger partial charge in [0.2, 0.25) is 0 Å². The molecule has 1 aromatic rings. The van der Waals surface area contributed by atoms with Gasteiger partial charge in [0.15, 0.2) is 0 Å². The van der Waals surface area contributed by atoms with Crippen LogP contribution in [0.4, 0.5) is 5.82 Å². The molecule has 1 aliphatic rings. The summed E-state index contributed by atoms with van der Waals surface area (Å²) in [6.07, 6.45) is 8.65. The monoisotopic (exact) mass is 267 g/mol. The van der Waals surface area contributed by atoms with E-state index >= 15 is 0 Å². The van der Waals surface area contributed by atoms with Gasteiger partial charge in [-0.15, -0.1) is 11.6 Å². The van der Waals surface area contributed by atoms with E-state index in [1.54, 1.807) is 6.20 Å². The van der Waals surface area contributed by atoms with Crippen LogP contribution >= 0.6 is 11.6 Å². The van der Waals surface area contributed by atoms with Gasteiger partial charge >= 0.3 is 0 Å². The third-order valence-electron chi connectivity index (χ3n) is 4.05. The Balaban J connectivity index is 2.00. The Labute approximate surface area is 115 Å². The highest BCUT2D eigenvalue weighted by molar-refractivity contribution is 6.16. The summed E-state index contributed by atoms with van der Waals surface area (Å²) in [4.78, 5) is 11.0. The van der Waals surface area contributed by atoms with Gasteiger partial charge in [0.25, 0.3) is 0 Å². The number of anilines is 1. The Morgan fingerprint density at radius 2 is 1.94 bits per heavy atom. The fourth-order valence-electron chi connectivity index (χ4n) is 2.56. The van der Waals surface area contributed by atoms with Gasteiger partial charge in [-0.1, -0.05) is 13.8 Å². The normalized spacial score (nSPS) is 19.8. The molecule has 4 heteroatoms. The molecule has 1 aromatic heterocycles. The van der Waals surface area contributed by atoms with Gasteiger partial charge < -0.3 is 4.90 Å². The number of hydrogen-bond donors (Lipinski definition) is 0. The average Bonchev–Trinajstić information content (AvgIpc) is 2.38. The molecule has 100 valence electrons. The van der Waals surface area contributed by atoms with Crippen molar-refractivity contribution >= 4 is 17.4 Å². The van der Waals surface area contributed by atoms with E-state index in [1.165, 1.54) is 25.7 Å². The van der Waals surface area contributed by atoms with Crippen LogP contribution in [-0.4, -0.2) is 23.1 Å². The van der Waals surface area contributed by atoms with Gasteiger partial charge in [-0.3, -0.25) is 4.98 Å². The second-order valence-electron chi connectivity index (χ2n) is 6.01. The molecule has 0 amide bonds. The third-order valence-corrected chi connectivity index (χ3v) is 4.32. The molecule has 18 heavy (non-hydrogen) atoms. The van der Waals surface area contributed by atoms with Crippen LogP contribution in [0.25, 0.3) is 0 Å². The van der Waals surface area contributed by atoms with Gasteiger partial charge in [-0.25, -0.2) is 4.98 Å². The molecule has 0 bridgehead atoms. The largest absolute Gasteiger partial charge is 0.355 e. The van der Waals surface area contributed by atoms with E-state index in [9.17, 15) is 0 Å². The zero-order valence-corrected chi connectivity index (χ0v) is 12.2. The molecule has 0 aliphatic heterocycles. The lowest BCUT2D eigenvalue weighted by molar-refractivity contribution is 0.222. The van der Waals surface area contributed by atoms with Crippen LogP contribution in [0.15, 0.2) is 12.4 Å². The minimum absolute atomic E-state index is 0.425. The average molecular weight is 268 g/mol. The lowest BCUT2D eigenvalue weighted by atomic mass is 9.75. The van der Waals surface area contributed by atoms with E-state index in [-0.39, 0.29) is 0 Å². The second-order valence-corrected chi connectivity index (χ2v) is 6.27. The molecular weight excluding hydrogens is 246 g/mol. The van der Waals surface area contributed by atoms with E-state index in [2.05, 4.69) is 35.8 Å². The van der Waals surface area contributed by atoms with Crippen LogP contribution in [0, 0.1) is 5.41 Å². The maximum atomic E-state index is 5.72. The maximum absolute atomic E-state index is 5.72. The van der Waals surface area contributed by atoms with Crippen LogP contribution in [0.2, 0.25) is 0 Å². The summed E-state index contributed by atoms with van der Waals surface area (Å²) >= 11 is 5.72. The van der Waals surface area contributed by atoms with Crippen molar-refractivity contribution in [1.82, 2.24) is 9.97 Å². The molecule has 0 spiro atoms. The van der Waals surface area contributed by atoms with Gasteiger partial charge in [0.1, 0.15) is 5.82 Å². The van der Waals surface area contributed by atoms with Crippen molar-refractivity contribution in [2.75, 3.05) is 11.9 Å². The smallest absolute Gasteiger partial charge is 0.147 e. The Morgan fingerprint density at radius 3 is 2.44 bits per heavy atom. The van der Waals surface area contributed by atoms with Crippen molar-refractivity contribution in [2.45, 2.75) is 51.5 Å². The predicted molar refractivity (Wildman–Crippen MR) is 76.0 cm³/mol. The molecule has 2 rings (SSSR count). The topological polar surface area (TPSA) is 29.0 Å². The molecule has 0 N–H and O–H groups in total. The zero-order chi connectivity index (χ0) is 13.2. The van der Waals surface area contributed by atoms with Crippen molar-refractivity contribution in [3.8, 4) is 0 Å². The molecule has 0 atom stereocenters. The first kappa shape index (κ1) is 13.6. The quantitative estimate of drug-likeness (QED) is 0.784. The van der Waals surface area contributed by atoms with E-state index < -0.39 is 0 Å². The summed E-state index contributed by atoms with van der Waals surface area (Å²) < 4.78 is 0. The standard InChI is InChI=1S/C14H22ClN3/c1-14(2)6-4-12(5-7-14)18(3)13-10-16-11(8-15)9-17-13/h9-10,12H,4-8H2,1-3H3. The van der Waals surface area contributed by atoms with Crippen molar-refractivity contribution in [3.05, 3.63) is 18.1 Å². The second kappa shape index (κ2) is 5.43. The Kier molecular flexibility index (Phi) is 4.10. The third kappa shape index (κ3) is 3.14. The summed E-state index contributed by atoms with van der Waals surface area (Å²) in [5, 5.41) is 0. The molecule has 1 fully saturated rings. The molecular formula is C14H22ClN3. The highest BCUT2D eigenvalue weighted by Gasteiger charge is 2.29. The fourth-order valence-corrected chi connectivity index (χ4v) is 2.70. The SMILES string of the molecule is CN(c1cnc(CCl)cn1)C1CCC(C)(C)CC1. The highest BCUT2D eigenvalue weighted by Crippen LogP contribution is 2.37. The minimum Gasteiger partial charge on any atom is -0.355 e. The zero-order valence-electron chi connectivity index (χ0n) is 11.5. The van der Waals surface area contributed by atoms with Crippen molar-refractivity contribution in [2.24, 2.45) is 5.41 Å². The van der Waals surface area contributed by atoms with Gasteiger partial charge in [0.05, 0.1) is 24.0 Å². The number of nitrogens with zero attached hydrogens (tertiary/aromatic N) is 3. The van der Waals surface area contributed by atoms with E-state index in [4.69, 9.17) is 11.6 Å². The van der Waals surface area contributed by atoms with Crippen molar-refractivity contribution in [3.63, 3.8) is 0 Å². The molecule has 0 radical (unpaired) electrons. The molecule has 0 aromatic carbocycles. The molecule has 1 saturated carbocycles. The van der Waals surface area contributed by atoms with E-state index in [0.29, 0.717) is 17.3 Å². The van der Waals surface area contributed by atoms with Crippen LogP contribution < -0.4 is 4.90 Å². The van der Waals surface area contributed by atoms with E-state index in [1.807, 2.05) is 6.20 Å². The van der Waals surface area contributed by atoms with Crippen LogP contribution in [-0.2, 0) is 5.88 Å². The Hall–Kier alpha value is -0.830. The molecule has 1 heterocycles. The lowest BCUT2D eigenvalue weighted by Crippen LogP contribution is -2.37. The molecule has 0 unspecified atom stereocenters. The number of alkyl halides is 1. The van der Waals surface area contributed by atoms with Crippen molar-refractivity contribution in [1.29, 1.82) is 0 Å². The Morgan fingerprint density at radius 1 is 1.28 bits per heavy atom. The minimum atomic E-state index is 0.425. The molecule has 3 nitrogen and oxygen atoms in total. The molecule has 1 aliphatic carbocycles. The summed E-state index contributed by atoms with van der Waals surface area (Å²) in [5.41, 5.74) is 1.34. The maximum Gasteiger partial charge on any atom is 0.147 e. The van der Waals surface area contributed by atoms with Gasteiger partial charge in [-0.05, 0) is 31.1 Å². The van der Waals surface area contributed by atoms with Gasteiger partial charge in [-0.2, -0.15) is 0 Å². The van der Waals surface area contributed by atoms with Crippen LogP contribution in [0.1, 0.15) is 45.2 Å². The number of rotatable bonds is 3. The number of hydrogen-bond acceptors (Lipinski definition) is 3. The molecule has 0 saturated heterocycles. The Bertz CT molecular complexity index is 379. The van der Waals surface area contributed by atoms with Gasteiger partial charge in [0, 0.05) is 13.1 Å². The summed E-state index contributed by atoms with van der Waals surface area (Å²) in [5.74, 6) is 1.38. The van der Waals surface area contributed by atoms with Crippen molar-refractivity contribution < 1.29 is 0 Å². The fraction of sp³-hybridized carbons (Fsp3) is 0.714. The lowest BCUT2D eigenvalue weighted by Gasteiger charge is -2.39. The van der Waals surface area contributed by atoms with Crippen LogP contribution in [0.5, 0.6) is 0 Å². The van der Waals surface area contributed by atoms with Crippen LogP contribution in [0.3, 0.4) is 0 Å². The predicted octanol–water partition coefficient (Wildman–Crippen LogP) is 3.62. The summed E-state index contributed by atoms with van der Waals surface area (Å²) in [6.45, 7) is 4.72. The summed E-state index contributed by atoms with van der Waals surface area (Å²) in [6, 6.07) is 0.592. The van der Waals surface area contributed by atoms with E-state index in [0.717, 1.165) is 11.5 Å². The number of aromatic nitrogens is 2. The first-order valence-electron chi connectivity index (χ1n) is 6.61. The number of halogens is 1. The first-order valence-corrected chi connectivity index (χ1v) is 7.15. The summed E-state index contributed by atoms with van der Waals surface area (Å²) in [7, 11) is 2.12. The highest BCUT2D eigenvalue weighted by atomic mass is 35.5.